The molecule has 0 aliphatic rings. The molecule has 1 atom stereocenters. The molecule has 3 nitrogen and oxygen atoms in total. The van der Waals surface area contributed by atoms with Crippen molar-refractivity contribution < 1.29 is 12.9 Å². The van der Waals surface area contributed by atoms with Crippen LogP contribution in [0.15, 0.2) is 63.0 Å². The van der Waals surface area contributed by atoms with Crippen molar-refractivity contribution >= 4 is 38.1 Å². The molecule has 3 aromatic carbocycles. The smallest absolute Gasteiger partial charge is 0.388 e. The van der Waals surface area contributed by atoms with Crippen molar-refractivity contribution in [3.63, 3.8) is 0 Å². The minimum Gasteiger partial charge on any atom is -0.399 e. The lowest BCUT2D eigenvalue weighted by Crippen LogP contribution is -2.27. The predicted molar refractivity (Wildman–Crippen MR) is 223 cm³/mol. The molecule has 0 spiro atoms. The highest BCUT2D eigenvalue weighted by molar-refractivity contribution is 7.60. The van der Waals surface area contributed by atoms with Crippen LogP contribution in [0.3, 0.4) is 0 Å². The topological polar surface area (TPSA) is 35.5 Å². The second-order valence-corrected chi connectivity index (χ2v) is 25.5. The Morgan fingerprint density at radius 3 is 1.30 bits per heavy atom. The zero-order valence-corrected chi connectivity index (χ0v) is 36.6. The fourth-order valence-corrected chi connectivity index (χ4v) is 12.1. The highest BCUT2D eigenvalue weighted by Crippen LogP contribution is 2.60. The molecule has 50 heavy (non-hydrogen) atoms. The Morgan fingerprint density at radius 1 is 0.560 bits per heavy atom. The number of fused-ring (bicyclic) bond motifs is 3. The van der Waals surface area contributed by atoms with E-state index in [9.17, 15) is 0 Å². The minimum atomic E-state index is -1.82. The van der Waals surface area contributed by atoms with Crippen LogP contribution in [0.25, 0.3) is 21.9 Å². The van der Waals surface area contributed by atoms with Crippen molar-refractivity contribution in [2.24, 2.45) is 0 Å². The Bertz CT molecular complexity index is 1720. The summed E-state index contributed by atoms with van der Waals surface area (Å²) >= 11 is 0. The summed E-state index contributed by atoms with van der Waals surface area (Å²) in [6.45, 7) is 41.9. The highest BCUT2D eigenvalue weighted by Gasteiger charge is 2.35. The van der Waals surface area contributed by atoms with Gasteiger partial charge in [-0.05, 0) is 73.4 Å². The van der Waals surface area contributed by atoms with Gasteiger partial charge in [0.15, 0.2) is 0 Å². The quantitative estimate of drug-likeness (QED) is 0.186. The van der Waals surface area contributed by atoms with Crippen LogP contribution in [0.5, 0.6) is 0 Å². The molecule has 0 saturated heterocycles. The van der Waals surface area contributed by atoms with E-state index >= 15 is 0 Å². The van der Waals surface area contributed by atoms with Crippen LogP contribution < -0.4 is 4.52 Å². The summed E-state index contributed by atoms with van der Waals surface area (Å²) < 4.78 is 21.6. The maximum Gasteiger partial charge on any atom is 0.388 e. The van der Waals surface area contributed by atoms with Crippen molar-refractivity contribution in [2.45, 2.75) is 169 Å². The summed E-state index contributed by atoms with van der Waals surface area (Å²) in [6.07, 6.45) is 1.84. The molecule has 0 unspecified atom stereocenters. The van der Waals surface area contributed by atoms with Gasteiger partial charge in [0, 0.05) is 21.9 Å². The Morgan fingerprint density at radius 2 is 0.960 bits per heavy atom. The molecule has 0 bridgehead atoms. The van der Waals surface area contributed by atoms with Crippen LogP contribution in [-0.4, -0.2) is 16.5 Å². The normalized spacial score (nSPS) is 14.5. The van der Waals surface area contributed by atoms with Gasteiger partial charge in [0.1, 0.15) is 11.2 Å². The molecular weight excluding hydrogens is 650 g/mol. The van der Waals surface area contributed by atoms with Crippen molar-refractivity contribution in [2.75, 3.05) is 6.16 Å². The van der Waals surface area contributed by atoms with E-state index in [-0.39, 0.29) is 46.0 Å². The summed E-state index contributed by atoms with van der Waals surface area (Å²) in [7, 11) is -2.12. The van der Waals surface area contributed by atoms with E-state index in [1.54, 1.807) is 0 Å². The summed E-state index contributed by atoms with van der Waals surface area (Å²) in [5.41, 5.74) is 7.48. The maximum atomic E-state index is 7.21. The van der Waals surface area contributed by atoms with Crippen molar-refractivity contribution in [3.8, 4) is 0 Å². The van der Waals surface area contributed by atoms with E-state index in [0.29, 0.717) is 0 Å². The van der Waals surface area contributed by atoms with Crippen LogP contribution in [0.4, 0.5) is 0 Å². The van der Waals surface area contributed by atoms with Crippen LogP contribution in [0.2, 0.25) is 0 Å². The van der Waals surface area contributed by atoms with Gasteiger partial charge >= 0.3 is 8.24 Å². The lowest BCUT2D eigenvalue weighted by atomic mass is 9.77. The number of hydrogen-bond acceptors (Lipinski definition) is 3. The van der Waals surface area contributed by atoms with Crippen LogP contribution in [-0.2, 0) is 21.7 Å². The zero-order chi connectivity index (χ0) is 37.8. The number of benzene rings is 3. The average Bonchev–Trinajstić information content (AvgIpc) is 3.09. The van der Waals surface area contributed by atoms with E-state index in [0.717, 1.165) is 34.5 Å². The van der Waals surface area contributed by atoms with Gasteiger partial charge < -0.3 is 8.39 Å². The van der Waals surface area contributed by atoms with Crippen LogP contribution >= 0.6 is 16.2 Å². The maximum absolute atomic E-state index is 7.21. The summed E-state index contributed by atoms with van der Waals surface area (Å²) in [5, 5.41) is 2.66. The Kier molecular flexibility index (Phi) is 11.5. The van der Waals surface area contributed by atoms with E-state index < -0.39 is 8.24 Å². The van der Waals surface area contributed by atoms with Gasteiger partial charge in [-0.15, -0.1) is 0 Å². The van der Waals surface area contributed by atoms with E-state index in [2.05, 4.69) is 179 Å². The molecule has 1 aromatic heterocycles. The molecule has 0 aliphatic carbocycles. The highest BCUT2D eigenvalue weighted by atomic mass is 31.1. The lowest BCUT2D eigenvalue weighted by Gasteiger charge is -2.42. The summed E-state index contributed by atoms with van der Waals surface area (Å²) in [4.78, 5) is 0. The molecule has 1 heterocycles. The lowest BCUT2D eigenvalue weighted by molar-refractivity contribution is 0.258. The summed E-state index contributed by atoms with van der Waals surface area (Å²) in [6, 6.07) is 20.2. The van der Waals surface area contributed by atoms with Gasteiger partial charge in [-0.1, -0.05) is 175 Å². The van der Waals surface area contributed by atoms with Crippen molar-refractivity contribution in [1.29, 1.82) is 0 Å². The van der Waals surface area contributed by atoms with Gasteiger partial charge in [-0.25, -0.2) is 0 Å². The van der Waals surface area contributed by atoms with Gasteiger partial charge in [0.25, 0.3) is 0 Å². The fourth-order valence-electron chi connectivity index (χ4n) is 7.02. The van der Waals surface area contributed by atoms with Gasteiger partial charge in [-0.3, -0.25) is 4.52 Å². The first-order chi connectivity index (χ1) is 22.6. The molecule has 0 radical (unpaired) electrons. The first-order valence-corrected chi connectivity index (χ1v) is 21.2. The van der Waals surface area contributed by atoms with Crippen LogP contribution in [0.1, 0.15) is 165 Å². The third-order valence-corrected chi connectivity index (χ3v) is 14.8. The Balaban J connectivity index is 2.14. The van der Waals surface area contributed by atoms with E-state index in [1.165, 1.54) is 27.8 Å². The number of hydrogen-bond donors (Lipinski definition) is 0. The Labute approximate surface area is 307 Å². The molecule has 0 fully saturated rings. The molecular formula is C45H68O3P2. The standard InChI is InChI=1S/C45H68O3P2/c1-40(2,3)31-26-33-34-27-32(41(4,5)6)29-36(43(10,11)12)39(34)48-50(47-38(33)35(28-31)42(7,8)9)46-37(30-22-20-19-21-23-30)24-25-49(44(13,14)15)45(16,17)18/h19-23,26-29,37H,24-25H2,1-18H3/t37-/m0/s1. The SMILES string of the molecule is CC(C)(C)c1cc(C(C)(C)C)c2op(O[C@@H](CCP(C(C)(C)C)C(C)(C)C)c3ccccc3)oc3c(C(C)(C)C)cc(C(C)(C)C)cc3c2c1. The first kappa shape index (κ1) is 40.7. The second-order valence-electron chi connectivity index (χ2n) is 20.5. The van der Waals surface area contributed by atoms with Gasteiger partial charge in [0.2, 0.25) is 0 Å². The fraction of sp³-hybridized carbons (Fsp3) is 0.600. The molecule has 4 rings (SSSR count). The van der Waals surface area contributed by atoms with Crippen molar-refractivity contribution in [1.82, 2.24) is 0 Å². The zero-order valence-electron chi connectivity index (χ0n) is 34.8. The monoisotopic (exact) mass is 718 g/mol. The molecule has 276 valence electrons. The molecule has 4 aromatic rings. The van der Waals surface area contributed by atoms with Crippen molar-refractivity contribution in [3.05, 3.63) is 82.4 Å². The number of rotatable bonds is 6. The summed E-state index contributed by atoms with van der Waals surface area (Å²) in [5.74, 6) is 0. The molecule has 0 aliphatic heterocycles. The molecule has 0 saturated carbocycles. The second kappa shape index (κ2) is 14.1. The average molecular weight is 719 g/mol. The van der Waals surface area contributed by atoms with Gasteiger partial charge in [-0.2, -0.15) is 0 Å². The first-order valence-electron chi connectivity index (χ1n) is 18.6. The molecule has 0 N–H and O–H groups in total. The van der Waals surface area contributed by atoms with Crippen LogP contribution in [0, 0.1) is 0 Å². The molecule has 0 amide bonds. The third kappa shape index (κ3) is 9.48. The Hall–Kier alpha value is -2.05. The third-order valence-electron chi connectivity index (χ3n) is 9.77. The van der Waals surface area contributed by atoms with Gasteiger partial charge in [0.05, 0.1) is 6.10 Å². The molecule has 5 heteroatoms. The van der Waals surface area contributed by atoms with E-state index in [4.69, 9.17) is 12.9 Å². The minimum absolute atomic E-state index is 0.0467. The van der Waals surface area contributed by atoms with E-state index in [1.807, 2.05) is 0 Å². The predicted octanol–water partition coefficient (Wildman–Crippen LogP) is 15.1. The largest absolute Gasteiger partial charge is 0.399 e.